The molecule has 28 heavy (non-hydrogen) atoms. The molecule has 0 saturated heterocycles. The van der Waals surface area contributed by atoms with Crippen LogP contribution < -0.4 is 10.1 Å². The minimum absolute atomic E-state index is 0.0424. The SMILES string of the molecule is Cc1onc(C(=O)NC2C3CC4CC(C3)CC2C4)c1COc1ccccc1F. The maximum absolute atomic E-state index is 13.8. The van der Waals surface area contributed by atoms with Gasteiger partial charge < -0.3 is 14.6 Å². The van der Waals surface area contributed by atoms with E-state index in [0.717, 1.165) is 11.8 Å². The van der Waals surface area contributed by atoms with Crippen molar-refractivity contribution in [3.63, 3.8) is 0 Å². The number of carbonyl (C=O) groups excluding carboxylic acids is 1. The van der Waals surface area contributed by atoms with Gasteiger partial charge in [0.15, 0.2) is 17.3 Å². The summed E-state index contributed by atoms with van der Waals surface area (Å²) in [6.07, 6.45) is 6.32. The Labute approximate surface area is 163 Å². The van der Waals surface area contributed by atoms with Crippen molar-refractivity contribution < 1.29 is 18.4 Å². The van der Waals surface area contributed by atoms with Crippen molar-refractivity contribution in [3.05, 3.63) is 47.1 Å². The number of nitrogens with zero attached hydrogens (tertiary/aromatic N) is 1. The number of rotatable bonds is 5. The standard InChI is InChI=1S/C22H25FN2O3/c1-12-17(11-27-19-5-3-2-4-18(19)23)21(25-28-12)22(26)24-20-15-7-13-6-14(9-15)10-16(20)8-13/h2-5,13-16,20H,6-11H2,1H3,(H,24,26). The van der Waals surface area contributed by atoms with Crippen molar-refractivity contribution in [2.24, 2.45) is 23.7 Å². The molecule has 1 aromatic heterocycles. The van der Waals surface area contributed by atoms with E-state index >= 15 is 0 Å². The lowest BCUT2D eigenvalue weighted by atomic mass is 9.54. The zero-order valence-electron chi connectivity index (χ0n) is 16.0. The first-order valence-corrected chi connectivity index (χ1v) is 10.2. The van der Waals surface area contributed by atoms with Gasteiger partial charge in [0.05, 0.1) is 5.56 Å². The van der Waals surface area contributed by atoms with Gasteiger partial charge in [0.25, 0.3) is 5.91 Å². The van der Waals surface area contributed by atoms with E-state index in [-0.39, 0.29) is 30.0 Å². The van der Waals surface area contributed by atoms with Gasteiger partial charge in [-0.3, -0.25) is 4.79 Å². The molecule has 6 rings (SSSR count). The van der Waals surface area contributed by atoms with Crippen molar-refractivity contribution in [1.82, 2.24) is 10.5 Å². The number of hydrogen-bond acceptors (Lipinski definition) is 4. The van der Waals surface area contributed by atoms with E-state index in [1.165, 1.54) is 38.2 Å². The summed E-state index contributed by atoms with van der Waals surface area (Å²) in [6, 6.07) is 6.45. The van der Waals surface area contributed by atoms with Crippen LogP contribution in [0.1, 0.15) is 53.9 Å². The molecule has 4 aliphatic carbocycles. The number of amides is 1. The van der Waals surface area contributed by atoms with Crippen LogP contribution in [0, 0.1) is 36.4 Å². The molecule has 1 amide bonds. The first kappa shape index (κ1) is 17.7. The molecular weight excluding hydrogens is 359 g/mol. The maximum Gasteiger partial charge on any atom is 0.274 e. The van der Waals surface area contributed by atoms with Gasteiger partial charge in [-0.25, -0.2) is 4.39 Å². The fourth-order valence-corrected chi connectivity index (χ4v) is 5.83. The van der Waals surface area contributed by atoms with E-state index < -0.39 is 5.82 Å². The van der Waals surface area contributed by atoms with E-state index in [1.54, 1.807) is 25.1 Å². The fourth-order valence-electron chi connectivity index (χ4n) is 5.83. The third-order valence-corrected chi connectivity index (χ3v) is 6.93. The molecule has 1 aromatic carbocycles. The van der Waals surface area contributed by atoms with Crippen LogP contribution in [-0.2, 0) is 6.61 Å². The van der Waals surface area contributed by atoms with Crippen LogP contribution in [0.3, 0.4) is 0 Å². The Morgan fingerprint density at radius 2 is 1.86 bits per heavy atom. The summed E-state index contributed by atoms with van der Waals surface area (Å²) in [5, 5.41) is 7.22. The third kappa shape index (κ3) is 3.09. The lowest BCUT2D eigenvalue weighted by molar-refractivity contribution is -0.0120. The zero-order valence-corrected chi connectivity index (χ0v) is 16.0. The average molecular weight is 384 g/mol. The summed E-state index contributed by atoms with van der Waals surface area (Å²) in [7, 11) is 0. The largest absolute Gasteiger partial charge is 0.486 e. The van der Waals surface area contributed by atoms with Crippen molar-refractivity contribution in [1.29, 1.82) is 0 Å². The molecule has 5 nitrogen and oxygen atoms in total. The number of aryl methyl sites for hydroxylation is 1. The Balaban J connectivity index is 1.30. The second-order valence-corrected chi connectivity index (χ2v) is 8.71. The Hall–Kier alpha value is -2.37. The van der Waals surface area contributed by atoms with Crippen molar-refractivity contribution in [2.75, 3.05) is 0 Å². The summed E-state index contributed by atoms with van der Waals surface area (Å²) in [5.41, 5.74) is 0.826. The Morgan fingerprint density at radius 1 is 1.18 bits per heavy atom. The topological polar surface area (TPSA) is 64.4 Å². The highest BCUT2D eigenvalue weighted by molar-refractivity contribution is 5.94. The summed E-state index contributed by atoms with van der Waals surface area (Å²) < 4.78 is 24.7. The van der Waals surface area contributed by atoms with Gasteiger partial charge >= 0.3 is 0 Å². The van der Waals surface area contributed by atoms with Gasteiger partial charge in [-0.05, 0) is 74.8 Å². The minimum atomic E-state index is -0.434. The summed E-state index contributed by atoms with van der Waals surface area (Å²) in [5.74, 6) is 2.92. The lowest BCUT2D eigenvalue weighted by Crippen LogP contribution is -2.55. The number of ether oxygens (including phenoxy) is 1. The van der Waals surface area contributed by atoms with Crippen LogP contribution in [0.5, 0.6) is 5.75 Å². The second-order valence-electron chi connectivity index (χ2n) is 8.71. The molecule has 0 aliphatic heterocycles. The van der Waals surface area contributed by atoms with E-state index in [9.17, 15) is 9.18 Å². The molecular formula is C22H25FN2O3. The van der Waals surface area contributed by atoms with Gasteiger partial charge in [-0.2, -0.15) is 0 Å². The maximum atomic E-state index is 13.8. The molecule has 4 aliphatic rings. The Morgan fingerprint density at radius 3 is 2.54 bits per heavy atom. The minimum Gasteiger partial charge on any atom is -0.486 e. The smallest absolute Gasteiger partial charge is 0.274 e. The van der Waals surface area contributed by atoms with Gasteiger partial charge in [0.2, 0.25) is 0 Å². The van der Waals surface area contributed by atoms with Crippen molar-refractivity contribution in [2.45, 2.75) is 51.7 Å². The van der Waals surface area contributed by atoms with Crippen molar-refractivity contribution >= 4 is 5.91 Å². The predicted molar refractivity (Wildman–Crippen MR) is 100 cm³/mol. The number of para-hydroxylation sites is 1. The number of benzene rings is 1. The number of hydrogen-bond donors (Lipinski definition) is 1. The number of aromatic nitrogens is 1. The highest BCUT2D eigenvalue weighted by atomic mass is 19.1. The number of halogens is 1. The van der Waals surface area contributed by atoms with Gasteiger partial charge in [-0.15, -0.1) is 0 Å². The van der Waals surface area contributed by atoms with Crippen LogP contribution in [0.15, 0.2) is 28.8 Å². The molecule has 6 heteroatoms. The first-order valence-electron chi connectivity index (χ1n) is 10.2. The van der Waals surface area contributed by atoms with Crippen LogP contribution in [0.4, 0.5) is 4.39 Å². The van der Waals surface area contributed by atoms with Gasteiger partial charge in [0.1, 0.15) is 12.4 Å². The molecule has 0 atom stereocenters. The predicted octanol–water partition coefficient (Wildman–Crippen LogP) is 4.26. The van der Waals surface area contributed by atoms with Gasteiger partial charge in [-0.1, -0.05) is 17.3 Å². The summed E-state index contributed by atoms with van der Waals surface area (Å²) in [4.78, 5) is 13.0. The van der Waals surface area contributed by atoms with Crippen molar-refractivity contribution in [3.8, 4) is 5.75 Å². The third-order valence-electron chi connectivity index (χ3n) is 6.93. The molecule has 0 unspecified atom stereocenters. The molecule has 4 fully saturated rings. The number of nitrogens with one attached hydrogen (secondary N) is 1. The van der Waals surface area contributed by atoms with E-state index in [0.29, 0.717) is 23.2 Å². The zero-order chi connectivity index (χ0) is 19.3. The Kier molecular flexibility index (Phi) is 4.37. The molecule has 0 spiro atoms. The highest BCUT2D eigenvalue weighted by Gasteiger charge is 2.48. The van der Waals surface area contributed by atoms with Crippen LogP contribution in [0.2, 0.25) is 0 Å². The normalized spacial score (nSPS) is 30.4. The highest BCUT2D eigenvalue weighted by Crippen LogP contribution is 2.53. The summed E-state index contributed by atoms with van der Waals surface area (Å²) >= 11 is 0. The van der Waals surface area contributed by atoms with Gasteiger partial charge in [0, 0.05) is 6.04 Å². The average Bonchev–Trinajstić information content (AvgIpc) is 3.04. The molecule has 0 radical (unpaired) electrons. The van der Waals surface area contributed by atoms with E-state index in [2.05, 4.69) is 10.5 Å². The first-order chi connectivity index (χ1) is 13.6. The lowest BCUT2D eigenvalue weighted by Gasteiger charge is -2.54. The van der Waals surface area contributed by atoms with Crippen LogP contribution >= 0.6 is 0 Å². The molecule has 1 N–H and O–H groups in total. The molecule has 4 saturated carbocycles. The molecule has 1 heterocycles. The number of carbonyl (C=O) groups is 1. The molecule has 4 bridgehead atoms. The quantitative estimate of drug-likeness (QED) is 0.837. The molecule has 148 valence electrons. The second kappa shape index (κ2) is 6.90. The molecule has 2 aromatic rings. The van der Waals surface area contributed by atoms with E-state index in [1.807, 2.05) is 0 Å². The summed E-state index contributed by atoms with van der Waals surface area (Å²) in [6.45, 7) is 1.79. The van der Waals surface area contributed by atoms with Crippen LogP contribution in [0.25, 0.3) is 0 Å². The van der Waals surface area contributed by atoms with E-state index in [4.69, 9.17) is 9.26 Å². The Bertz CT molecular complexity index is 866. The fraction of sp³-hybridized carbons (Fsp3) is 0.545. The van der Waals surface area contributed by atoms with Crippen LogP contribution in [-0.4, -0.2) is 17.1 Å². The monoisotopic (exact) mass is 384 g/mol.